The van der Waals surface area contributed by atoms with Crippen molar-refractivity contribution >= 4 is 21.6 Å². The van der Waals surface area contributed by atoms with Gasteiger partial charge in [-0.3, -0.25) is 4.79 Å². The van der Waals surface area contributed by atoms with Gasteiger partial charge in [-0.1, -0.05) is 27.7 Å². The lowest BCUT2D eigenvalue weighted by Crippen LogP contribution is -2.41. The smallest absolute Gasteiger partial charge is 0.322 e. The fraction of sp³-hybridized carbons (Fsp3) is 0.684. The van der Waals surface area contributed by atoms with Gasteiger partial charge >= 0.3 is 6.03 Å². The van der Waals surface area contributed by atoms with E-state index in [1.54, 1.807) is 17.0 Å². The average Bonchev–Trinajstić information content (AvgIpc) is 2.61. The summed E-state index contributed by atoms with van der Waals surface area (Å²) >= 11 is 0. The summed E-state index contributed by atoms with van der Waals surface area (Å²) in [6.07, 6.45) is 4.58. The molecule has 2 amide bonds. The SMILES string of the molecule is CC1(C)CCN(C(=O)Nc2cccn(CCS(C)(=O)=O)c2=O)CC(C)(C)C1. The number of anilines is 1. The van der Waals surface area contributed by atoms with E-state index < -0.39 is 15.4 Å². The van der Waals surface area contributed by atoms with Crippen LogP contribution in [0.2, 0.25) is 0 Å². The fourth-order valence-electron chi connectivity index (χ4n) is 3.91. The van der Waals surface area contributed by atoms with Gasteiger partial charge in [0.1, 0.15) is 15.5 Å². The number of urea groups is 1. The number of hydrogen-bond acceptors (Lipinski definition) is 4. The zero-order valence-corrected chi connectivity index (χ0v) is 17.7. The highest BCUT2D eigenvalue weighted by Crippen LogP contribution is 2.39. The maximum absolute atomic E-state index is 12.8. The van der Waals surface area contributed by atoms with Crippen molar-refractivity contribution in [1.82, 2.24) is 9.47 Å². The quantitative estimate of drug-likeness (QED) is 0.846. The predicted octanol–water partition coefficient (Wildman–Crippen LogP) is 2.57. The lowest BCUT2D eigenvalue weighted by Gasteiger charge is -2.32. The largest absolute Gasteiger partial charge is 0.324 e. The van der Waals surface area contributed by atoms with Crippen molar-refractivity contribution in [3.05, 3.63) is 28.7 Å². The molecule has 0 unspecified atom stereocenters. The van der Waals surface area contributed by atoms with Crippen LogP contribution in [0.4, 0.5) is 10.5 Å². The van der Waals surface area contributed by atoms with Crippen molar-refractivity contribution in [3.63, 3.8) is 0 Å². The highest BCUT2D eigenvalue weighted by atomic mass is 32.2. The van der Waals surface area contributed by atoms with Crippen molar-refractivity contribution in [2.45, 2.75) is 47.1 Å². The molecular weight excluding hydrogens is 366 g/mol. The molecule has 27 heavy (non-hydrogen) atoms. The van der Waals surface area contributed by atoms with Crippen molar-refractivity contribution in [1.29, 1.82) is 0 Å². The minimum atomic E-state index is -3.18. The molecule has 1 aliphatic heterocycles. The molecule has 0 aromatic carbocycles. The van der Waals surface area contributed by atoms with Gasteiger partial charge in [0.05, 0.1) is 5.75 Å². The average molecular weight is 398 g/mol. The first-order valence-electron chi connectivity index (χ1n) is 9.21. The third-order valence-electron chi connectivity index (χ3n) is 4.89. The first kappa shape index (κ1) is 21.5. The van der Waals surface area contributed by atoms with E-state index in [0.717, 1.165) is 19.1 Å². The Kier molecular flexibility index (Phi) is 6.09. The Hall–Kier alpha value is -1.83. The summed E-state index contributed by atoms with van der Waals surface area (Å²) in [6, 6.07) is 2.89. The number of sulfone groups is 1. The van der Waals surface area contributed by atoms with Crippen LogP contribution in [0.5, 0.6) is 0 Å². The third kappa shape index (κ3) is 6.37. The number of nitrogens with one attached hydrogen (secondary N) is 1. The van der Waals surface area contributed by atoms with Crippen LogP contribution in [0.15, 0.2) is 23.1 Å². The van der Waals surface area contributed by atoms with E-state index in [0.29, 0.717) is 13.1 Å². The molecule has 0 spiro atoms. The molecule has 1 fully saturated rings. The molecule has 2 heterocycles. The Morgan fingerprint density at radius 2 is 1.89 bits per heavy atom. The molecule has 2 rings (SSSR count). The lowest BCUT2D eigenvalue weighted by atomic mass is 9.75. The number of carbonyl (C=O) groups is 1. The molecule has 1 aromatic rings. The molecule has 152 valence electrons. The Balaban J connectivity index is 2.15. The zero-order chi connectivity index (χ0) is 20.5. The Labute approximate surface area is 161 Å². The van der Waals surface area contributed by atoms with Crippen LogP contribution < -0.4 is 10.9 Å². The zero-order valence-electron chi connectivity index (χ0n) is 16.9. The minimum absolute atomic E-state index is 0.0102. The van der Waals surface area contributed by atoms with E-state index in [9.17, 15) is 18.0 Å². The molecule has 1 aliphatic rings. The number of aromatic nitrogens is 1. The number of carbonyl (C=O) groups excluding carboxylic acids is 1. The van der Waals surface area contributed by atoms with Crippen molar-refractivity contribution < 1.29 is 13.2 Å². The van der Waals surface area contributed by atoms with Crippen LogP contribution in [-0.4, -0.2) is 49.0 Å². The van der Waals surface area contributed by atoms with Crippen LogP contribution in [0.3, 0.4) is 0 Å². The summed E-state index contributed by atoms with van der Waals surface area (Å²) in [4.78, 5) is 27.1. The molecule has 7 nitrogen and oxygen atoms in total. The van der Waals surface area contributed by atoms with Gasteiger partial charge in [-0.2, -0.15) is 0 Å². The molecule has 1 N–H and O–H groups in total. The minimum Gasteiger partial charge on any atom is -0.324 e. The number of pyridine rings is 1. The molecule has 1 aromatic heterocycles. The van der Waals surface area contributed by atoms with Crippen LogP contribution in [-0.2, 0) is 16.4 Å². The number of amides is 2. The van der Waals surface area contributed by atoms with Gasteiger partial charge < -0.3 is 14.8 Å². The van der Waals surface area contributed by atoms with E-state index in [4.69, 9.17) is 0 Å². The molecular formula is C19H31N3O4S. The van der Waals surface area contributed by atoms with Crippen LogP contribution in [0, 0.1) is 10.8 Å². The highest BCUT2D eigenvalue weighted by Gasteiger charge is 2.35. The van der Waals surface area contributed by atoms with E-state index in [1.807, 2.05) is 0 Å². The number of likely N-dealkylation sites (tertiary alicyclic amines) is 1. The Bertz CT molecular complexity index is 856. The van der Waals surface area contributed by atoms with E-state index >= 15 is 0 Å². The monoisotopic (exact) mass is 397 g/mol. The Morgan fingerprint density at radius 3 is 2.52 bits per heavy atom. The summed E-state index contributed by atoms with van der Waals surface area (Å²) in [5.74, 6) is -0.125. The molecule has 0 atom stereocenters. The summed E-state index contributed by atoms with van der Waals surface area (Å²) in [6.45, 7) is 10.1. The van der Waals surface area contributed by atoms with Crippen LogP contribution in [0.1, 0.15) is 40.5 Å². The highest BCUT2D eigenvalue weighted by molar-refractivity contribution is 7.90. The molecule has 8 heteroatoms. The molecule has 0 bridgehead atoms. The summed E-state index contributed by atoms with van der Waals surface area (Å²) in [7, 11) is -3.18. The van der Waals surface area contributed by atoms with Crippen molar-refractivity contribution in [3.8, 4) is 0 Å². The van der Waals surface area contributed by atoms with Gasteiger partial charge in [-0.15, -0.1) is 0 Å². The second-order valence-corrected chi connectivity index (χ2v) is 11.4. The van der Waals surface area contributed by atoms with Gasteiger partial charge in [0.15, 0.2) is 0 Å². The number of rotatable bonds is 4. The molecule has 0 radical (unpaired) electrons. The third-order valence-corrected chi connectivity index (χ3v) is 5.81. The normalized spacial score (nSPS) is 19.4. The van der Waals surface area contributed by atoms with Gasteiger partial charge in [-0.25, -0.2) is 13.2 Å². The van der Waals surface area contributed by atoms with E-state index in [1.165, 1.54) is 10.8 Å². The standard InChI is InChI=1S/C19H31N3O4S/c1-18(2)8-10-22(14-19(3,4)13-18)17(24)20-15-7-6-9-21(16(15)23)11-12-27(5,25)26/h6-7,9H,8,10-14H2,1-5H3,(H,20,24). The van der Waals surface area contributed by atoms with Crippen molar-refractivity contribution in [2.24, 2.45) is 10.8 Å². The molecule has 0 saturated carbocycles. The van der Waals surface area contributed by atoms with Gasteiger partial charge in [0.25, 0.3) is 5.56 Å². The second-order valence-electron chi connectivity index (χ2n) is 9.16. The van der Waals surface area contributed by atoms with Crippen molar-refractivity contribution in [2.75, 3.05) is 30.4 Å². The molecule has 1 saturated heterocycles. The van der Waals surface area contributed by atoms with Gasteiger partial charge in [-0.05, 0) is 35.8 Å². The van der Waals surface area contributed by atoms with Crippen LogP contribution >= 0.6 is 0 Å². The number of nitrogens with zero attached hydrogens (tertiary/aromatic N) is 2. The topological polar surface area (TPSA) is 88.5 Å². The van der Waals surface area contributed by atoms with E-state index in [2.05, 4.69) is 33.0 Å². The summed E-state index contributed by atoms with van der Waals surface area (Å²) in [5.41, 5.74) is -0.0888. The first-order chi connectivity index (χ1) is 12.3. The number of aryl methyl sites for hydroxylation is 1. The Morgan fingerprint density at radius 1 is 1.22 bits per heavy atom. The maximum atomic E-state index is 12.8. The second kappa shape index (κ2) is 7.66. The summed E-state index contributed by atoms with van der Waals surface area (Å²) < 4.78 is 24.0. The van der Waals surface area contributed by atoms with E-state index in [-0.39, 0.29) is 34.8 Å². The predicted molar refractivity (Wildman–Crippen MR) is 108 cm³/mol. The lowest BCUT2D eigenvalue weighted by molar-refractivity contribution is 0.178. The summed E-state index contributed by atoms with van der Waals surface area (Å²) in [5, 5.41) is 2.71. The maximum Gasteiger partial charge on any atom is 0.322 e. The first-order valence-corrected chi connectivity index (χ1v) is 11.3. The molecule has 0 aliphatic carbocycles. The van der Waals surface area contributed by atoms with Crippen LogP contribution in [0.25, 0.3) is 0 Å². The van der Waals surface area contributed by atoms with Gasteiger partial charge in [0, 0.05) is 32.1 Å². The fourth-order valence-corrected chi connectivity index (χ4v) is 4.44. The number of hydrogen-bond donors (Lipinski definition) is 1. The van der Waals surface area contributed by atoms with Gasteiger partial charge in [0.2, 0.25) is 0 Å².